The minimum Gasteiger partial charge on any atom is -0.480 e. The van der Waals surface area contributed by atoms with Gasteiger partial charge in [-0.05, 0) is 67.4 Å². The van der Waals surface area contributed by atoms with Crippen molar-refractivity contribution in [3.8, 4) is 24.0 Å². The lowest BCUT2D eigenvalue weighted by atomic mass is 10.1. The quantitative estimate of drug-likeness (QED) is 0.0363. The Hall–Kier alpha value is -7.13. The largest absolute Gasteiger partial charge is 0.538 e. The summed E-state index contributed by atoms with van der Waals surface area (Å²) in [6, 6.07) is 16.4. The molecule has 6 N–H and O–H groups in total. The van der Waals surface area contributed by atoms with Gasteiger partial charge in [-0.1, -0.05) is 30.7 Å². The molecule has 57 heavy (non-hydrogen) atoms. The van der Waals surface area contributed by atoms with E-state index in [1.165, 1.54) is 66.9 Å². The number of carbonyl (C=O) groups is 4. The van der Waals surface area contributed by atoms with E-state index < -0.39 is 49.7 Å². The Morgan fingerprint density at radius 3 is 2.44 bits per heavy atom. The van der Waals surface area contributed by atoms with Gasteiger partial charge in [-0.3, -0.25) is 23.4 Å². The average molecular weight is 800 g/mol. The van der Waals surface area contributed by atoms with Crippen LogP contribution in [0.4, 0.5) is 11.6 Å². The van der Waals surface area contributed by atoms with Crippen LogP contribution in [0.3, 0.4) is 0 Å². The average Bonchev–Trinajstić information content (AvgIpc) is 3.19. The fraction of sp³-hybridized carbons (Fsp3) is 0.189. The first-order chi connectivity index (χ1) is 27.4. The molecule has 294 valence electrons. The van der Waals surface area contributed by atoms with Crippen LogP contribution in [0.1, 0.15) is 51.7 Å². The molecule has 0 spiro atoms. The lowest BCUT2D eigenvalue weighted by Crippen LogP contribution is -2.41. The number of anilines is 2. The molecule has 0 aliphatic rings. The number of hydrogen-bond donors (Lipinski definition) is 5. The van der Waals surface area contributed by atoms with Gasteiger partial charge in [-0.15, -0.1) is 0 Å². The number of carboxylic acid groups (broad SMARTS) is 1. The summed E-state index contributed by atoms with van der Waals surface area (Å²) in [5.41, 5.74) is 6.74. The maximum Gasteiger partial charge on any atom is 0.538 e. The van der Waals surface area contributed by atoms with Crippen molar-refractivity contribution < 1.29 is 51.9 Å². The highest BCUT2D eigenvalue weighted by molar-refractivity contribution is 7.48. The monoisotopic (exact) mass is 799 g/mol. The molecular formula is C37H34N7O12P. The third-order valence-corrected chi connectivity index (χ3v) is 9.01. The molecule has 20 heteroatoms. The number of rotatable bonds is 18. The van der Waals surface area contributed by atoms with Gasteiger partial charge in [0.15, 0.2) is 11.2 Å². The number of H-pyrrole nitrogens is 1. The Morgan fingerprint density at radius 1 is 1.00 bits per heavy atom. The van der Waals surface area contributed by atoms with Crippen LogP contribution in [0.5, 0.6) is 11.5 Å². The maximum atomic E-state index is 13.0. The maximum absolute atomic E-state index is 13.0. The Labute approximate surface area is 323 Å². The molecule has 0 aliphatic heterocycles. The number of carbonyl (C=O) groups excluding carboxylic acids is 3. The predicted molar refractivity (Wildman–Crippen MR) is 202 cm³/mol. The summed E-state index contributed by atoms with van der Waals surface area (Å²) in [5, 5.41) is 15.2. The molecule has 0 bridgehead atoms. The van der Waals surface area contributed by atoms with Gasteiger partial charge in [0, 0.05) is 17.7 Å². The second-order valence-corrected chi connectivity index (χ2v) is 13.3. The molecule has 0 saturated carbocycles. The lowest BCUT2D eigenvalue weighted by Gasteiger charge is -2.15. The third-order valence-electron chi connectivity index (χ3n) is 7.66. The van der Waals surface area contributed by atoms with Crippen LogP contribution in [0.25, 0.3) is 11.2 Å². The zero-order chi connectivity index (χ0) is 41.0. The van der Waals surface area contributed by atoms with Gasteiger partial charge in [0.05, 0.1) is 31.6 Å². The van der Waals surface area contributed by atoms with E-state index in [2.05, 4.69) is 35.1 Å². The summed E-state index contributed by atoms with van der Waals surface area (Å²) < 4.78 is 38.0. The van der Waals surface area contributed by atoms with E-state index in [-0.39, 0.29) is 65.9 Å². The van der Waals surface area contributed by atoms with E-state index in [0.717, 1.165) is 0 Å². The topological polar surface area (TPSA) is 273 Å². The number of amides is 1. The van der Waals surface area contributed by atoms with Gasteiger partial charge in [0.25, 0.3) is 5.91 Å². The summed E-state index contributed by atoms with van der Waals surface area (Å²) in [5.74, 6) is -3.89. The van der Waals surface area contributed by atoms with Crippen molar-refractivity contribution in [1.82, 2.24) is 25.3 Å². The van der Waals surface area contributed by atoms with Gasteiger partial charge < -0.3 is 40.5 Å². The Balaban J connectivity index is 1.11. The minimum absolute atomic E-state index is 0.0259. The predicted octanol–water partition coefficient (Wildman–Crippen LogP) is 3.96. The number of benzene rings is 3. The van der Waals surface area contributed by atoms with Crippen molar-refractivity contribution in [2.24, 2.45) is 0 Å². The number of para-hydroxylation sites is 1. The van der Waals surface area contributed by atoms with Crippen LogP contribution in [-0.2, 0) is 40.9 Å². The molecule has 0 radical (unpaired) electrons. The van der Waals surface area contributed by atoms with E-state index in [0.29, 0.717) is 16.9 Å². The van der Waals surface area contributed by atoms with Crippen LogP contribution in [0.2, 0.25) is 0 Å². The third kappa shape index (κ3) is 11.4. The van der Waals surface area contributed by atoms with Crippen LogP contribution in [0.15, 0.2) is 83.8 Å². The van der Waals surface area contributed by atoms with Crippen LogP contribution < -0.4 is 31.4 Å². The minimum atomic E-state index is -3.95. The number of aliphatic carboxylic acids is 1. The van der Waals surface area contributed by atoms with E-state index in [9.17, 15) is 33.6 Å². The van der Waals surface area contributed by atoms with E-state index in [1.807, 2.05) is 0 Å². The lowest BCUT2D eigenvalue weighted by molar-refractivity contribution is -0.140. The Kier molecular flexibility index (Phi) is 13.6. The second kappa shape index (κ2) is 19.0. The first-order valence-electron chi connectivity index (χ1n) is 16.9. The Morgan fingerprint density at radius 2 is 1.74 bits per heavy atom. The first kappa shape index (κ1) is 41.0. The van der Waals surface area contributed by atoms with Crippen molar-refractivity contribution in [3.05, 3.63) is 112 Å². The van der Waals surface area contributed by atoms with Crippen molar-refractivity contribution >= 4 is 54.4 Å². The molecule has 5 rings (SSSR count). The number of fused-ring (bicyclic) bond motifs is 1. The van der Waals surface area contributed by atoms with Crippen molar-refractivity contribution in [3.63, 3.8) is 0 Å². The number of nitrogens with zero attached hydrogens (tertiary/aromatic N) is 3. The van der Waals surface area contributed by atoms with Crippen molar-refractivity contribution in [2.75, 3.05) is 17.7 Å². The number of ether oxygens (including phenoxy) is 2. The molecule has 2 atom stereocenters. The molecule has 2 heterocycles. The SMILES string of the molecule is C#COP(=O)(OCC)OCc1ccc(OC(=O)c2ccccc2OC(=O)CC[C@H](NC(=O)c2ccc(NCc3cnc4[nH]c(N)nc(=O)c4n3)cc2)C(=O)O)cc1. The number of carboxylic acids is 1. The summed E-state index contributed by atoms with van der Waals surface area (Å²) in [6.07, 6.45) is 7.52. The second-order valence-electron chi connectivity index (χ2n) is 11.7. The molecule has 19 nitrogen and oxygen atoms in total. The van der Waals surface area contributed by atoms with E-state index in [1.54, 1.807) is 25.2 Å². The highest BCUT2D eigenvalue weighted by Crippen LogP contribution is 2.49. The standard InChI is InChI=1S/C37H34N7O12P/c1-3-52-57(51,53-4-2)54-21-22-9-15-26(16-10-22)55-36(50)27-7-5-6-8-29(27)56-30(45)18-17-28(35(48)49)42-33(46)23-11-13-24(14-12-23)39-19-25-20-40-32-31(41-25)34(47)44-37(38)43-32/h1,5-16,20,28,39H,4,17-19,21H2,2H3,(H,42,46)(H,48,49)(H3,38,40,43,44,47)/t28-,57?/m0/s1. The van der Waals surface area contributed by atoms with Gasteiger partial charge in [0.1, 0.15) is 29.2 Å². The van der Waals surface area contributed by atoms with Crippen LogP contribution in [0, 0.1) is 12.5 Å². The molecule has 1 unspecified atom stereocenters. The van der Waals surface area contributed by atoms with E-state index in [4.69, 9.17) is 30.7 Å². The number of terminal acetylenes is 1. The number of esters is 2. The number of aromatic nitrogens is 4. The summed E-state index contributed by atoms with van der Waals surface area (Å²) in [7, 11) is -3.95. The number of aromatic amines is 1. The fourth-order valence-electron chi connectivity index (χ4n) is 4.94. The molecule has 0 saturated heterocycles. The summed E-state index contributed by atoms with van der Waals surface area (Å²) in [4.78, 5) is 77.4. The normalized spacial score (nSPS) is 12.4. The highest BCUT2D eigenvalue weighted by Gasteiger charge is 2.27. The molecular weight excluding hydrogens is 765 g/mol. The van der Waals surface area contributed by atoms with Gasteiger partial charge >= 0.3 is 31.3 Å². The van der Waals surface area contributed by atoms with Crippen molar-refractivity contribution in [2.45, 2.75) is 39.0 Å². The number of hydrogen-bond acceptors (Lipinski definition) is 16. The molecule has 3 aromatic carbocycles. The summed E-state index contributed by atoms with van der Waals surface area (Å²) in [6.45, 7) is 1.63. The highest BCUT2D eigenvalue weighted by atomic mass is 31.2. The van der Waals surface area contributed by atoms with Crippen LogP contribution >= 0.6 is 7.82 Å². The summed E-state index contributed by atoms with van der Waals surface area (Å²) >= 11 is 0. The Bertz CT molecular complexity index is 2420. The molecule has 5 aromatic rings. The number of nitrogen functional groups attached to an aromatic ring is 1. The molecule has 1 amide bonds. The van der Waals surface area contributed by atoms with Crippen molar-refractivity contribution in [1.29, 1.82) is 0 Å². The van der Waals surface area contributed by atoms with Gasteiger partial charge in [-0.25, -0.2) is 24.1 Å². The number of phosphoric acid groups is 1. The molecule has 0 aliphatic carbocycles. The molecule has 0 fully saturated rings. The smallest absolute Gasteiger partial charge is 0.480 e. The zero-order valence-electron chi connectivity index (χ0n) is 30.0. The van der Waals surface area contributed by atoms with Crippen LogP contribution in [-0.4, -0.2) is 61.5 Å². The first-order valence-corrected chi connectivity index (χ1v) is 18.4. The number of phosphoric ester groups is 1. The number of nitrogens with two attached hydrogens (primary N) is 1. The zero-order valence-corrected chi connectivity index (χ0v) is 30.9. The van der Waals surface area contributed by atoms with Gasteiger partial charge in [0.2, 0.25) is 5.95 Å². The van der Waals surface area contributed by atoms with E-state index >= 15 is 0 Å². The fourth-order valence-corrected chi connectivity index (χ4v) is 5.87. The number of nitrogens with one attached hydrogen (secondary N) is 3. The molecule has 2 aromatic heterocycles. The van der Waals surface area contributed by atoms with Gasteiger partial charge in [-0.2, -0.15) is 4.98 Å².